The van der Waals surface area contributed by atoms with E-state index < -0.39 is 0 Å². The third-order valence-corrected chi connectivity index (χ3v) is 2.77. The molecule has 1 aromatic rings. The van der Waals surface area contributed by atoms with Crippen molar-refractivity contribution in [3.8, 4) is 0 Å². The van der Waals surface area contributed by atoms with Crippen molar-refractivity contribution in [3.05, 3.63) is 23.8 Å². The molecule has 0 heterocycles. The standard InChI is InChI=1S/C14H20N2O3/c1-3-13(18)15-11-6-4-7-12(10(11)2)16-14(19)8-5-9-17/h4,6-7,17H,3,5,8-9H2,1-2H3,(H,15,18)(H,16,19). The van der Waals surface area contributed by atoms with Gasteiger partial charge in [-0.1, -0.05) is 13.0 Å². The lowest BCUT2D eigenvalue weighted by Gasteiger charge is -2.13. The van der Waals surface area contributed by atoms with Gasteiger partial charge >= 0.3 is 0 Å². The highest BCUT2D eigenvalue weighted by Crippen LogP contribution is 2.23. The number of hydrogen-bond donors (Lipinski definition) is 3. The molecule has 0 fully saturated rings. The van der Waals surface area contributed by atoms with E-state index >= 15 is 0 Å². The lowest BCUT2D eigenvalue weighted by atomic mass is 10.1. The van der Waals surface area contributed by atoms with Crippen molar-refractivity contribution in [2.24, 2.45) is 0 Å². The summed E-state index contributed by atoms with van der Waals surface area (Å²) >= 11 is 0. The summed E-state index contributed by atoms with van der Waals surface area (Å²) < 4.78 is 0. The maximum atomic E-state index is 11.6. The van der Waals surface area contributed by atoms with Crippen LogP contribution >= 0.6 is 0 Å². The molecule has 0 saturated carbocycles. The Morgan fingerprint density at radius 3 is 2.26 bits per heavy atom. The van der Waals surface area contributed by atoms with E-state index in [0.29, 0.717) is 24.2 Å². The normalized spacial score (nSPS) is 10.1. The molecule has 5 nitrogen and oxygen atoms in total. The van der Waals surface area contributed by atoms with Gasteiger partial charge in [0.1, 0.15) is 0 Å². The van der Waals surface area contributed by atoms with Crippen molar-refractivity contribution in [3.63, 3.8) is 0 Å². The first-order valence-corrected chi connectivity index (χ1v) is 6.38. The van der Waals surface area contributed by atoms with Gasteiger partial charge in [-0.15, -0.1) is 0 Å². The topological polar surface area (TPSA) is 78.4 Å². The first-order chi connectivity index (χ1) is 9.08. The van der Waals surface area contributed by atoms with E-state index in [1.54, 1.807) is 25.1 Å². The molecule has 0 aliphatic rings. The first kappa shape index (κ1) is 15.2. The van der Waals surface area contributed by atoms with Gasteiger partial charge in [0, 0.05) is 30.8 Å². The van der Waals surface area contributed by atoms with Gasteiger partial charge in [-0.05, 0) is 31.0 Å². The van der Waals surface area contributed by atoms with Crippen molar-refractivity contribution < 1.29 is 14.7 Å². The zero-order valence-electron chi connectivity index (χ0n) is 11.3. The molecule has 0 unspecified atom stereocenters. The Bertz CT molecular complexity index is 458. The van der Waals surface area contributed by atoms with Gasteiger partial charge in [0.2, 0.25) is 11.8 Å². The predicted octanol–water partition coefficient (Wildman–Crippen LogP) is 2.05. The summed E-state index contributed by atoms with van der Waals surface area (Å²) in [5.74, 6) is -0.206. The summed E-state index contributed by atoms with van der Waals surface area (Å²) in [7, 11) is 0. The Morgan fingerprint density at radius 2 is 1.74 bits per heavy atom. The van der Waals surface area contributed by atoms with Crippen LogP contribution in [0.25, 0.3) is 0 Å². The minimum Gasteiger partial charge on any atom is -0.396 e. The van der Waals surface area contributed by atoms with Crippen LogP contribution in [0.15, 0.2) is 18.2 Å². The molecule has 5 heteroatoms. The van der Waals surface area contributed by atoms with Gasteiger partial charge in [0.05, 0.1) is 0 Å². The summed E-state index contributed by atoms with van der Waals surface area (Å²) in [6, 6.07) is 5.36. The fourth-order valence-corrected chi connectivity index (χ4v) is 1.60. The summed E-state index contributed by atoms with van der Waals surface area (Å²) in [4.78, 5) is 23.0. The summed E-state index contributed by atoms with van der Waals surface area (Å²) in [6.07, 6.45) is 1.13. The van der Waals surface area contributed by atoms with Gasteiger partial charge < -0.3 is 15.7 Å². The zero-order valence-corrected chi connectivity index (χ0v) is 11.3. The van der Waals surface area contributed by atoms with E-state index in [-0.39, 0.29) is 24.8 Å². The van der Waals surface area contributed by atoms with E-state index in [2.05, 4.69) is 10.6 Å². The third kappa shape index (κ3) is 4.71. The molecule has 0 atom stereocenters. The number of nitrogens with one attached hydrogen (secondary N) is 2. The average Bonchev–Trinajstić information content (AvgIpc) is 2.40. The number of anilines is 2. The highest BCUT2D eigenvalue weighted by molar-refractivity contribution is 5.95. The smallest absolute Gasteiger partial charge is 0.224 e. The van der Waals surface area contributed by atoms with E-state index in [1.807, 2.05) is 6.92 Å². The average molecular weight is 264 g/mol. The van der Waals surface area contributed by atoms with Gasteiger partial charge in [0.15, 0.2) is 0 Å². The van der Waals surface area contributed by atoms with Crippen LogP contribution in [0.5, 0.6) is 0 Å². The molecule has 19 heavy (non-hydrogen) atoms. The largest absolute Gasteiger partial charge is 0.396 e. The number of amides is 2. The van der Waals surface area contributed by atoms with Crippen LogP contribution in [0.2, 0.25) is 0 Å². The Balaban J connectivity index is 2.77. The molecule has 0 radical (unpaired) electrons. The molecule has 104 valence electrons. The number of aliphatic hydroxyl groups excluding tert-OH is 1. The van der Waals surface area contributed by atoms with Crippen molar-refractivity contribution in [1.29, 1.82) is 0 Å². The molecule has 3 N–H and O–H groups in total. The molecule has 1 aromatic carbocycles. The Labute approximate surface area is 113 Å². The lowest BCUT2D eigenvalue weighted by Crippen LogP contribution is -2.15. The molecule has 0 aliphatic carbocycles. The lowest BCUT2D eigenvalue weighted by molar-refractivity contribution is -0.117. The summed E-state index contributed by atoms with van der Waals surface area (Å²) in [5, 5.41) is 14.2. The van der Waals surface area contributed by atoms with Crippen molar-refractivity contribution in [2.45, 2.75) is 33.1 Å². The van der Waals surface area contributed by atoms with Gasteiger partial charge in [0.25, 0.3) is 0 Å². The number of benzene rings is 1. The second-order valence-electron chi connectivity index (χ2n) is 4.26. The van der Waals surface area contributed by atoms with E-state index in [1.165, 1.54) is 0 Å². The molecule has 0 spiro atoms. The van der Waals surface area contributed by atoms with Gasteiger partial charge in [-0.2, -0.15) is 0 Å². The van der Waals surface area contributed by atoms with Gasteiger partial charge in [-0.25, -0.2) is 0 Å². The van der Waals surface area contributed by atoms with Crippen molar-refractivity contribution >= 4 is 23.2 Å². The Morgan fingerprint density at radius 1 is 1.16 bits per heavy atom. The van der Waals surface area contributed by atoms with Crippen LogP contribution in [0.3, 0.4) is 0 Å². The van der Waals surface area contributed by atoms with Crippen LogP contribution in [0.4, 0.5) is 11.4 Å². The highest BCUT2D eigenvalue weighted by atomic mass is 16.3. The van der Waals surface area contributed by atoms with Crippen molar-refractivity contribution in [1.82, 2.24) is 0 Å². The number of aliphatic hydroxyl groups is 1. The maximum Gasteiger partial charge on any atom is 0.224 e. The monoisotopic (exact) mass is 264 g/mol. The Hall–Kier alpha value is -1.88. The molecular weight excluding hydrogens is 244 g/mol. The van der Waals surface area contributed by atoms with Crippen LogP contribution in [0.1, 0.15) is 31.7 Å². The molecular formula is C14H20N2O3. The quantitative estimate of drug-likeness (QED) is 0.736. The molecule has 0 saturated heterocycles. The number of hydrogen-bond acceptors (Lipinski definition) is 3. The predicted molar refractivity (Wildman–Crippen MR) is 75.0 cm³/mol. The van der Waals surface area contributed by atoms with Gasteiger partial charge in [-0.3, -0.25) is 9.59 Å². The van der Waals surface area contributed by atoms with Crippen LogP contribution in [0, 0.1) is 6.92 Å². The molecule has 1 rings (SSSR count). The number of rotatable bonds is 6. The van der Waals surface area contributed by atoms with Crippen LogP contribution in [-0.2, 0) is 9.59 Å². The van der Waals surface area contributed by atoms with E-state index in [4.69, 9.17) is 5.11 Å². The van der Waals surface area contributed by atoms with E-state index in [0.717, 1.165) is 5.56 Å². The molecule has 2 amide bonds. The van der Waals surface area contributed by atoms with Crippen LogP contribution < -0.4 is 10.6 Å². The summed E-state index contributed by atoms with van der Waals surface area (Å²) in [5.41, 5.74) is 2.20. The third-order valence-electron chi connectivity index (χ3n) is 2.77. The Kier molecular flexibility index (Phi) is 6.02. The van der Waals surface area contributed by atoms with Crippen LogP contribution in [-0.4, -0.2) is 23.5 Å². The number of carbonyl (C=O) groups is 2. The maximum absolute atomic E-state index is 11.6. The molecule has 0 bridgehead atoms. The van der Waals surface area contributed by atoms with E-state index in [9.17, 15) is 9.59 Å². The first-order valence-electron chi connectivity index (χ1n) is 6.38. The van der Waals surface area contributed by atoms with Crippen molar-refractivity contribution in [2.75, 3.05) is 17.2 Å². The highest BCUT2D eigenvalue weighted by Gasteiger charge is 2.08. The zero-order chi connectivity index (χ0) is 14.3. The minimum atomic E-state index is -0.142. The fraction of sp³-hybridized carbons (Fsp3) is 0.429. The minimum absolute atomic E-state index is 0.000993. The molecule has 0 aromatic heterocycles. The second-order valence-corrected chi connectivity index (χ2v) is 4.26. The number of carbonyl (C=O) groups excluding carboxylic acids is 2. The summed E-state index contributed by atoms with van der Waals surface area (Å²) in [6.45, 7) is 3.62. The molecule has 0 aliphatic heterocycles. The second kappa shape index (κ2) is 7.53. The SMILES string of the molecule is CCC(=O)Nc1cccc(NC(=O)CCCO)c1C. The fourth-order valence-electron chi connectivity index (χ4n) is 1.60.